The highest BCUT2D eigenvalue weighted by atomic mass is 35.5. The summed E-state index contributed by atoms with van der Waals surface area (Å²) in [4.78, 5) is 17.5. The van der Waals surface area contributed by atoms with Crippen molar-refractivity contribution in [2.75, 3.05) is 11.9 Å². The minimum atomic E-state index is -0.756. The predicted molar refractivity (Wildman–Crippen MR) is 108 cm³/mol. The molecule has 2 aromatic carbocycles. The number of hydrogen-bond donors (Lipinski definition) is 1. The van der Waals surface area contributed by atoms with E-state index in [0.717, 1.165) is 15.8 Å². The van der Waals surface area contributed by atoms with E-state index in [0.29, 0.717) is 33.6 Å². The van der Waals surface area contributed by atoms with Crippen LogP contribution in [0.1, 0.15) is 22.8 Å². The van der Waals surface area contributed by atoms with Crippen molar-refractivity contribution >= 4 is 44.1 Å². The Hall–Kier alpha value is -2.41. The second kappa shape index (κ2) is 7.31. The monoisotopic (exact) mass is 400 g/mol. The lowest BCUT2D eigenvalue weighted by Gasteiger charge is -2.27. The Bertz CT molecular complexity index is 1060. The van der Waals surface area contributed by atoms with Crippen molar-refractivity contribution in [1.29, 1.82) is 0 Å². The number of nitrogens with zero attached hydrogens (tertiary/aromatic N) is 1. The number of hydrogen-bond acceptors (Lipinski definition) is 6. The van der Waals surface area contributed by atoms with Crippen molar-refractivity contribution in [3.8, 4) is 5.75 Å². The van der Waals surface area contributed by atoms with E-state index in [1.807, 2.05) is 38.1 Å². The Labute approximate surface area is 165 Å². The number of aryl methyl sites for hydroxylation is 1. The standard InChI is InChI=1S/C20H17ClN2O3S/c1-3-25-19-14(18(24)13-8-11(2)4-7-16(13)26-19)10-22-20-23-15-6-5-12(21)9-17(15)27-20/h4-10,19H,3H2,1-2H3,(H,22,23)/b14-10-. The van der Waals surface area contributed by atoms with Gasteiger partial charge in [0.15, 0.2) is 10.9 Å². The molecule has 7 heteroatoms. The van der Waals surface area contributed by atoms with Gasteiger partial charge in [-0.2, -0.15) is 0 Å². The minimum absolute atomic E-state index is 0.116. The average Bonchev–Trinajstić information content (AvgIpc) is 3.04. The first-order chi connectivity index (χ1) is 13.0. The summed E-state index contributed by atoms with van der Waals surface area (Å²) in [5, 5.41) is 4.44. The predicted octanol–water partition coefficient (Wildman–Crippen LogP) is 5.19. The van der Waals surface area contributed by atoms with E-state index >= 15 is 0 Å². The lowest BCUT2D eigenvalue weighted by Crippen LogP contribution is -2.33. The summed E-state index contributed by atoms with van der Waals surface area (Å²) in [7, 11) is 0. The molecular weight excluding hydrogens is 384 g/mol. The number of ether oxygens (including phenoxy) is 2. The van der Waals surface area contributed by atoms with Crippen LogP contribution in [0.5, 0.6) is 5.75 Å². The number of fused-ring (bicyclic) bond motifs is 2. The number of aromatic nitrogens is 1. The van der Waals surface area contributed by atoms with Gasteiger partial charge in [-0.1, -0.05) is 34.6 Å². The van der Waals surface area contributed by atoms with Crippen molar-refractivity contribution in [3.05, 3.63) is 64.3 Å². The van der Waals surface area contributed by atoms with Crippen LogP contribution in [-0.2, 0) is 4.74 Å². The molecule has 0 saturated heterocycles. The van der Waals surface area contributed by atoms with Crippen LogP contribution < -0.4 is 10.1 Å². The molecule has 27 heavy (non-hydrogen) atoms. The van der Waals surface area contributed by atoms with Crippen molar-refractivity contribution in [1.82, 2.24) is 4.98 Å². The fourth-order valence-electron chi connectivity index (χ4n) is 2.87. The third kappa shape index (κ3) is 3.56. The summed E-state index contributed by atoms with van der Waals surface area (Å²) in [6.45, 7) is 4.23. The Morgan fingerprint density at radius 3 is 3.00 bits per heavy atom. The lowest BCUT2D eigenvalue weighted by molar-refractivity contribution is -0.0509. The Morgan fingerprint density at radius 2 is 2.19 bits per heavy atom. The van der Waals surface area contributed by atoms with E-state index in [1.165, 1.54) is 11.3 Å². The molecule has 5 nitrogen and oxygen atoms in total. The van der Waals surface area contributed by atoms with Crippen LogP contribution in [0.4, 0.5) is 5.13 Å². The third-order valence-electron chi connectivity index (χ3n) is 4.15. The van der Waals surface area contributed by atoms with Gasteiger partial charge in [0.1, 0.15) is 5.75 Å². The van der Waals surface area contributed by atoms with Gasteiger partial charge in [0.05, 0.1) is 21.4 Å². The molecule has 1 unspecified atom stereocenters. The topological polar surface area (TPSA) is 60.5 Å². The molecule has 0 radical (unpaired) electrons. The van der Waals surface area contributed by atoms with Crippen molar-refractivity contribution in [2.45, 2.75) is 20.1 Å². The average molecular weight is 401 g/mol. The molecular formula is C20H17ClN2O3S. The largest absolute Gasteiger partial charge is 0.460 e. The van der Waals surface area contributed by atoms with Gasteiger partial charge < -0.3 is 14.8 Å². The number of carbonyl (C=O) groups is 1. The summed E-state index contributed by atoms with van der Waals surface area (Å²) >= 11 is 7.49. The molecule has 1 atom stereocenters. The molecule has 2 heterocycles. The maximum atomic E-state index is 13.0. The van der Waals surface area contributed by atoms with Gasteiger partial charge in [-0.25, -0.2) is 4.98 Å². The normalized spacial score (nSPS) is 17.8. The van der Waals surface area contributed by atoms with Gasteiger partial charge in [0, 0.05) is 17.8 Å². The highest BCUT2D eigenvalue weighted by Gasteiger charge is 2.32. The molecule has 0 aliphatic carbocycles. The van der Waals surface area contributed by atoms with Gasteiger partial charge in [-0.15, -0.1) is 0 Å². The molecule has 1 aliphatic heterocycles. The number of carbonyl (C=O) groups excluding carboxylic acids is 1. The number of benzene rings is 2. The summed E-state index contributed by atoms with van der Waals surface area (Å²) in [6.07, 6.45) is 0.863. The number of Topliss-reactive ketones (excluding diaryl/α,β-unsaturated/α-hetero) is 1. The summed E-state index contributed by atoms with van der Waals surface area (Å²) < 4.78 is 12.5. The maximum Gasteiger partial charge on any atom is 0.232 e. The number of thiazole rings is 1. The molecule has 3 aromatic rings. The van der Waals surface area contributed by atoms with Crippen molar-refractivity contribution in [2.24, 2.45) is 0 Å². The van der Waals surface area contributed by atoms with E-state index < -0.39 is 6.29 Å². The van der Waals surface area contributed by atoms with Crippen molar-refractivity contribution < 1.29 is 14.3 Å². The summed E-state index contributed by atoms with van der Waals surface area (Å²) in [5.74, 6) is 0.422. The molecule has 0 saturated carbocycles. The number of ketones is 1. The van der Waals surface area contributed by atoms with Crippen LogP contribution in [0, 0.1) is 6.92 Å². The summed E-state index contributed by atoms with van der Waals surface area (Å²) in [6, 6.07) is 11.1. The second-order valence-electron chi connectivity index (χ2n) is 6.11. The third-order valence-corrected chi connectivity index (χ3v) is 5.33. The van der Waals surface area contributed by atoms with Crippen LogP contribution in [0.2, 0.25) is 5.02 Å². The van der Waals surface area contributed by atoms with E-state index in [9.17, 15) is 4.79 Å². The molecule has 138 valence electrons. The zero-order chi connectivity index (χ0) is 19.0. The maximum absolute atomic E-state index is 13.0. The van der Waals surface area contributed by atoms with Crippen LogP contribution in [0.3, 0.4) is 0 Å². The van der Waals surface area contributed by atoms with Crippen LogP contribution in [0.15, 0.2) is 48.2 Å². The van der Waals surface area contributed by atoms with E-state index in [-0.39, 0.29) is 5.78 Å². The lowest BCUT2D eigenvalue weighted by atomic mass is 9.98. The van der Waals surface area contributed by atoms with Gasteiger partial charge in [-0.05, 0) is 44.2 Å². The Balaban J connectivity index is 1.67. The van der Waals surface area contributed by atoms with Gasteiger partial charge >= 0.3 is 0 Å². The van der Waals surface area contributed by atoms with Gasteiger partial charge in [0.25, 0.3) is 0 Å². The quantitative estimate of drug-likeness (QED) is 0.610. The summed E-state index contributed by atoms with van der Waals surface area (Å²) in [5.41, 5.74) is 2.79. The second-order valence-corrected chi connectivity index (χ2v) is 7.58. The molecule has 1 aliphatic rings. The molecule has 4 rings (SSSR count). The fourth-order valence-corrected chi connectivity index (χ4v) is 3.98. The number of nitrogens with one attached hydrogen (secondary N) is 1. The minimum Gasteiger partial charge on any atom is -0.460 e. The van der Waals surface area contributed by atoms with E-state index in [1.54, 1.807) is 18.3 Å². The van der Waals surface area contributed by atoms with Gasteiger partial charge in [0.2, 0.25) is 6.29 Å². The molecule has 0 bridgehead atoms. The van der Waals surface area contributed by atoms with E-state index in [4.69, 9.17) is 21.1 Å². The molecule has 0 fully saturated rings. The van der Waals surface area contributed by atoms with Crippen LogP contribution >= 0.6 is 22.9 Å². The zero-order valence-corrected chi connectivity index (χ0v) is 16.4. The van der Waals surface area contributed by atoms with Crippen molar-refractivity contribution in [3.63, 3.8) is 0 Å². The highest BCUT2D eigenvalue weighted by Crippen LogP contribution is 2.33. The fraction of sp³-hybridized carbons (Fsp3) is 0.200. The zero-order valence-electron chi connectivity index (χ0n) is 14.8. The Kier molecular flexibility index (Phi) is 4.86. The van der Waals surface area contributed by atoms with E-state index in [2.05, 4.69) is 10.3 Å². The Morgan fingerprint density at radius 1 is 1.33 bits per heavy atom. The van der Waals surface area contributed by atoms with Gasteiger partial charge in [-0.3, -0.25) is 4.79 Å². The van der Waals surface area contributed by atoms with Crippen LogP contribution in [-0.4, -0.2) is 23.7 Å². The number of anilines is 1. The highest BCUT2D eigenvalue weighted by molar-refractivity contribution is 7.22. The molecule has 1 N–H and O–H groups in total. The first kappa shape index (κ1) is 18.0. The SMILES string of the molecule is CCOC1Oc2ccc(C)cc2C(=O)/C1=C/Nc1nc2ccc(Cl)cc2s1. The molecule has 0 amide bonds. The number of halogens is 1. The van der Waals surface area contributed by atoms with Crippen LogP contribution in [0.25, 0.3) is 10.2 Å². The molecule has 1 aromatic heterocycles. The molecule has 0 spiro atoms. The first-order valence-corrected chi connectivity index (χ1v) is 9.71. The number of rotatable bonds is 4. The first-order valence-electron chi connectivity index (χ1n) is 8.51. The smallest absolute Gasteiger partial charge is 0.232 e.